The number of pyridine rings is 1. The van der Waals surface area contributed by atoms with Gasteiger partial charge in [0.05, 0.1) is 0 Å². The molecule has 0 aliphatic carbocycles. The molecule has 0 fully saturated rings. The van der Waals surface area contributed by atoms with E-state index in [1.165, 1.54) is 3.57 Å². The molecule has 0 amide bonds. The van der Waals surface area contributed by atoms with Crippen molar-refractivity contribution in [1.82, 2.24) is 14.5 Å². The molecule has 0 N–H and O–H groups in total. The third-order valence-corrected chi connectivity index (χ3v) is 3.52. The highest BCUT2D eigenvalue weighted by atomic mass is 127. The van der Waals surface area contributed by atoms with Crippen molar-refractivity contribution in [2.75, 3.05) is 0 Å². The summed E-state index contributed by atoms with van der Waals surface area (Å²) in [4.78, 5) is 8.77. The molecular weight excluding hydrogens is 277 g/mol. The Morgan fingerprint density at radius 3 is 3.00 bits per heavy atom. The highest BCUT2D eigenvalue weighted by Gasteiger charge is 2.04. The lowest BCUT2D eigenvalue weighted by Gasteiger charge is -1.94. The molecule has 0 aliphatic rings. The number of imidazole rings is 1. The maximum absolute atomic E-state index is 4.41. The van der Waals surface area contributed by atoms with Crippen LogP contribution in [0.3, 0.4) is 0 Å². The van der Waals surface area contributed by atoms with Gasteiger partial charge in [-0.2, -0.15) is 0 Å². The van der Waals surface area contributed by atoms with Gasteiger partial charge in [-0.3, -0.25) is 0 Å². The monoisotopic (exact) mass is 287 g/mol. The molecule has 4 heteroatoms. The minimum absolute atomic E-state index is 0.128. The van der Waals surface area contributed by atoms with Crippen LogP contribution in [0.15, 0.2) is 12.3 Å². The van der Waals surface area contributed by atoms with Crippen LogP contribution in [0.1, 0.15) is 5.82 Å². The van der Waals surface area contributed by atoms with Crippen LogP contribution in [0, 0.1) is 10.5 Å². The third kappa shape index (κ3) is 1.39. The number of hydrogen-bond acceptors (Lipinski definition) is 2. The largest absolute Gasteiger partial charge is 0.316 e. The molecular formula is C9H10IN3. The van der Waals surface area contributed by atoms with Crippen LogP contribution >= 0.6 is 20.7 Å². The Morgan fingerprint density at radius 2 is 2.31 bits per heavy atom. The van der Waals surface area contributed by atoms with E-state index in [1.54, 1.807) is 0 Å². The van der Waals surface area contributed by atoms with Crippen LogP contribution in [0.25, 0.3) is 11.2 Å². The Labute approximate surface area is 86.6 Å². The minimum Gasteiger partial charge on any atom is -0.316 e. The molecule has 2 aromatic heterocycles. The zero-order valence-electron chi connectivity index (χ0n) is 7.58. The number of fused-ring (bicyclic) bond motifs is 1. The van der Waals surface area contributed by atoms with E-state index in [4.69, 9.17) is 0 Å². The maximum atomic E-state index is 4.41. The Morgan fingerprint density at radius 1 is 1.54 bits per heavy atom. The maximum Gasteiger partial charge on any atom is 0.159 e. The van der Waals surface area contributed by atoms with E-state index in [0.717, 1.165) is 17.0 Å². The molecule has 68 valence electrons. The van der Waals surface area contributed by atoms with Gasteiger partial charge in [0.15, 0.2) is 5.65 Å². The van der Waals surface area contributed by atoms with E-state index in [1.807, 2.05) is 24.7 Å². The third-order valence-electron chi connectivity index (χ3n) is 2.05. The van der Waals surface area contributed by atoms with Crippen molar-refractivity contribution in [3.63, 3.8) is 0 Å². The highest BCUT2D eigenvalue weighted by Crippen LogP contribution is 2.16. The lowest BCUT2D eigenvalue weighted by molar-refractivity contribution is 0.874. The first-order valence-electron chi connectivity index (χ1n) is 3.90. The molecule has 2 rings (SSSR count). The average Bonchev–Trinajstić information content (AvgIpc) is 2.42. The average molecular weight is 287 g/mol. The molecule has 13 heavy (non-hydrogen) atoms. The van der Waals surface area contributed by atoms with Crippen molar-refractivity contribution >= 4 is 36.4 Å². The van der Waals surface area contributed by atoms with Crippen LogP contribution in [0.5, 0.6) is 0 Å². The molecule has 0 aromatic carbocycles. The standard InChI is InChI=1S/C9H10IN3/c1-6-12-8-4-7(10-2)5-11-9(8)13(6)3/h4-5H,2H2,1,3H3. The van der Waals surface area contributed by atoms with Gasteiger partial charge in [0, 0.05) is 16.8 Å². The molecule has 0 unspecified atom stereocenters. The van der Waals surface area contributed by atoms with Gasteiger partial charge in [-0.05, 0) is 13.0 Å². The van der Waals surface area contributed by atoms with E-state index >= 15 is 0 Å². The van der Waals surface area contributed by atoms with Crippen molar-refractivity contribution in [1.29, 1.82) is 0 Å². The van der Waals surface area contributed by atoms with Gasteiger partial charge in [-0.25, -0.2) is 9.97 Å². The van der Waals surface area contributed by atoms with Gasteiger partial charge in [0.1, 0.15) is 11.3 Å². The van der Waals surface area contributed by atoms with Gasteiger partial charge >= 0.3 is 0 Å². The SMILES string of the molecule is C=Ic1cnc2c(c1)nc(C)n2C. The fraction of sp³-hybridized carbons (Fsp3) is 0.222. The van der Waals surface area contributed by atoms with Crippen LogP contribution in [0.2, 0.25) is 0 Å². The molecule has 0 aliphatic heterocycles. The number of aromatic nitrogens is 3. The predicted molar refractivity (Wildman–Crippen MR) is 63.1 cm³/mol. The van der Waals surface area contributed by atoms with Crippen molar-refractivity contribution in [2.45, 2.75) is 6.92 Å². The van der Waals surface area contributed by atoms with E-state index < -0.39 is 0 Å². The van der Waals surface area contributed by atoms with Crippen LogP contribution < -0.4 is 0 Å². The second-order valence-electron chi connectivity index (χ2n) is 2.85. The van der Waals surface area contributed by atoms with Gasteiger partial charge in [-0.1, -0.05) is 25.2 Å². The minimum atomic E-state index is -0.128. The van der Waals surface area contributed by atoms with Gasteiger partial charge in [0.2, 0.25) is 0 Å². The summed E-state index contributed by atoms with van der Waals surface area (Å²) in [7, 11) is 1.98. The fourth-order valence-electron chi connectivity index (χ4n) is 1.24. The second kappa shape index (κ2) is 3.17. The molecule has 2 heterocycles. The molecule has 0 radical (unpaired) electrons. The number of aryl methyl sites for hydroxylation is 2. The lowest BCUT2D eigenvalue weighted by Crippen LogP contribution is -1.92. The quantitative estimate of drug-likeness (QED) is 0.749. The lowest BCUT2D eigenvalue weighted by atomic mass is 10.4. The molecule has 0 bridgehead atoms. The van der Waals surface area contributed by atoms with Crippen LogP contribution in [0.4, 0.5) is 0 Å². The summed E-state index contributed by atoms with van der Waals surface area (Å²) in [6.07, 6.45) is 1.91. The normalized spacial score (nSPS) is 10.9. The Hall–Kier alpha value is -0.780. The summed E-state index contributed by atoms with van der Waals surface area (Å²) >= 11 is -0.128. The highest BCUT2D eigenvalue weighted by molar-refractivity contribution is 14.2. The summed E-state index contributed by atoms with van der Waals surface area (Å²) in [5, 5.41) is 0. The zero-order valence-corrected chi connectivity index (χ0v) is 9.74. The van der Waals surface area contributed by atoms with E-state index in [-0.39, 0.29) is 20.7 Å². The van der Waals surface area contributed by atoms with Crippen molar-refractivity contribution in [2.24, 2.45) is 7.05 Å². The Balaban J connectivity index is 2.79. The second-order valence-corrected chi connectivity index (χ2v) is 4.86. The van der Waals surface area contributed by atoms with Crippen LogP contribution in [-0.4, -0.2) is 19.0 Å². The van der Waals surface area contributed by atoms with E-state index in [0.29, 0.717) is 0 Å². The summed E-state index contributed by atoms with van der Waals surface area (Å²) in [6.45, 7) is 1.99. The van der Waals surface area contributed by atoms with Crippen molar-refractivity contribution < 1.29 is 0 Å². The summed E-state index contributed by atoms with van der Waals surface area (Å²) in [5.41, 5.74) is 1.94. The van der Waals surface area contributed by atoms with Crippen molar-refractivity contribution in [3.8, 4) is 0 Å². The Kier molecular flexibility index (Phi) is 2.15. The molecule has 0 spiro atoms. The Bertz CT molecular complexity index is 473. The summed E-state index contributed by atoms with van der Waals surface area (Å²) in [6, 6.07) is 2.09. The van der Waals surface area contributed by atoms with Gasteiger partial charge in [-0.15, -0.1) is 0 Å². The topological polar surface area (TPSA) is 30.7 Å². The van der Waals surface area contributed by atoms with Gasteiger partial charge < -0.3 is 4.57 Å². The van der Waals surface area contributed by atoms with E-state index in [9.17, 15) is 0 Å². The zero-order chi connectivity index (χ0) is 9.42. The predicted octanol–water partition coefficient (Wildman–Crippen LogP) is 1.85. The summed E-state index contributed by atoms with van der Waals surface area (Å²) in [5.74, 6) is 1.00. The van der Waals surface area contributed by atoms with Crippen molar-refractivity contribution in [3.05, 3.63) is 21.7 Å². The van der Waals surface area contributed by atoms with E-state index in [2.05, 4.69) is 20.5 Å². The summed E-state index contributed by atoms with van der Waals surface area (Å²) < 4.78 is 7.17. The number of nitrogens with zero attached hydrogens (tertiary/aromatic N) is 3. The molecule has 0 saturated carbocycles. The fourth-order valence-corrected chi connectivity index (χ4v) is 2.09. The van der Waals surface area contributed by atoms with Gasteiger partial charge in [0.25, 0.3) is 0 Å². The molecule has 2 aromatic rings. The first kappa shape index (κ1) is 8.80. The number of hydrogen-bond donors (Lipinski definition) is 0. The molecule has 0 atom stereocenters. The smallest absolute Gasteiger partial charge is 0.159 e. The van der Waals surface area contributed by atoms with Crippen LogP contribution in [-0.2, 0) is 7.05 Å². The number of halogens is 1. The molecule has 0 saturated heterocycles. The number of rotatable bonds is 1. The first-order chi connectivity index (χ1) is 6.22. The first-order valence-corrected chi connectivity index (χ1v) is 6.50. The molecule has 3 nitrogen and oxygen atoms in total.